The first-order valence-corrected chi connectivity index (χ1v) is 16.4. The van der Waals surface area contributed by atoms with Crippen molar-refractivity contribution in [3.05, 3.63) is 118 Å². The van der Waals surface area contributed by atoms with Crippen molar-refractivity contribution in [1.29, 1.82) is 0 Å². The maximum absolute atomic E-state index is 13.9. The number of likely N-dealkylation sites (tertiary alicyclic amines) is 1. The molecule has 230 valence electrons. The SMILES string of the molecule is O=C(Nc1ccc(C2SC(=Nc3cccc(F)c3)N(CCc3cccs3)C2=O)cc1)[C@H]1CCCN1C(=O)OCc1ccccc1. The highest BCUT2D eigenvalue weighted by Crippen LogP contribution is 2.41. The largest absolute Gasteiger partial charge is 0.445 e. The Bertz CT molecular complexity index is 1680. The Morgan fingerprint density at radius 1 is 1.00 bits per heavy atom. The second-order valence-corrected chi connectivity index (χ2v) is 12.8. The third-order valence-electron chi connectivity index (χ3n) is 7.62. The third-order valence-corrected chi connectivity index (χ3v) is 9.78. The van der Waals surface area contributed by atoms with Gasteiger partial charge in [0.15, 0.2) is 5.17 Å². The van der Waals surface area contributed by atoms with Crippen LogP contribution in [0.4, 0.5) is 20.6 Å². The molecule has 0 saturated carbocycles. The van der Waals surface area contributed by atoms with Crippen molar-refractivity contribution in [2.75, 3.05) is 18.4 Å². The summed E-state index contributed by atoms with van der Waals surface area (Å²) < 4.78 is 19.3. The summed E-state index contributed by atoms with van der Waals surface area (Å²) in [5.74, 6) is -0.776. The first-order valence-electron chi connectivity index (χ1n) is 14.7. The van der Waals surface area contributed by atoms with E-state index in [-0.39, 0.29) is 18.4 Å². The summed E-state index contributed by atoms with van der Waals surface area (Å²) >= 11 is 2.96. The number of carbonyl (C=O) groups excluding carboxylic acids is 3. The number of anilines is 1. The number of nitrogens with one attached hydrogen (secondary N) is 1. The van der Waals surface area contributed by atoms with Crippen LogP contribution in [0.15, 0.2) is 101 Å². The number of halogens is 1. The predicted molar refractivity (Wildman–Crippen MR) is 175 cm³/mol. The van der Waals surface area contributed by atoms with Gasteiger partial charge in [0, 0.05) is 23.7 Å². The van der Waals surface area contributed by atoms with Crippen molar-refractivity contribution in [1.82, 2.24) is 9.80 Å². The Morgan fingerprint density at radius 2 is 1.82 bits per heavy atom. The zero-order valence-electron chi connectivity index (χ0n) is 24.3. The van der Waals surface area contributed by atoms with E-state index in [1.807, 2.05) is 60.0 Å². The standard InChI is InChI=1S/C34H31FN4O4S2/c35-25-9-4-10-27(21-25)37-33-39(19-17-28-11-6-20-44-28)32(41)30(45-33)24-13-15-26(16-14-24)36-31(40)29-12-5-18-38(29)34(42)43-22-23-7-2-1-3-8-23/h1-4,6-11,13-16,20-21,29-30H,5,12,17-19,22H2,(H,36,40)/t29-,30?/m1/s1. The van der Waals surface area contributed by atoms with Gasteiger partial charge in [0.25, 0.3) is 0 Å². The van der Waals surface area contributed by atoms with E-state index >= 15 is 0 Å². The summed E-state index contributed by atoms with van der Waals surface area (Å²) in [5, 5.41) is 4.90. The maximum Gasteiger partial charge on any atom is 0.410 e. The number of amidine groups is 1. The smallest absolute Gasteiger partial charge is 0.410 e. The molecule has 2 fully saturated rings. The van der Waals surface area contributed by atoms with Crippen molar-refractivity contribution in [3.8, 4) is 0 Å². The summed E-state index contributed by atoms with van der Waals surface area (Å²) in [4.78, 5) is 48.5. The monoisotopic (exact) mass is 642 g/mol. The van der Waals surface area contributed by atoms with Crippen molar-refractivity contribution >= 4 is 57.5 Å². The molecule has 1 unspecified atom stereocenters. The van der Waals surface area contributed by atoms with Crippen molar-refractivity contribution in [2.45, 2.75) is 37.2 Å². The number of carbonyl (C=O) groups is 3. The zero-order valence-corrected chi connectivity index (χ0v) is 25.9. The Balaban J connectivity index is 1.11. The Morgan fingerprint density at radius 3 is 2.58 bits per heavy atom. The van der Waals surface area contributed by atoms with Gasteiger partial charge in [-0.05, 0) is 72.2 Å². The molecule has 6 rings (SSSR count). The molecule has 2 saturated heterocycles. The summed E-state index contributed by atoms with van der Waals surface area (Å²) in [5.41, 5.74) is 2.64. The summed E-state index contributed by atoms with van der Waals surface area (Å²) in [6.07, 6.45) is 1.43. The fourth-order valence-corrected chi connectivity index (χ4v) is 7.22. The molecule has 4 aromatic rings. The van der Waals surface area contributed by atoms with Gasteiger partial charge in [-0.25, -0.2) is 14.2 Å². The van der Waals surface area contributed by atoms with Crippen LogP contribution in [-0.2, 0) is 27.4 Å². The lowest BCUT2D eigenvalue weighted by atomic mass is 10.1. The summed E-state index contributed by atoms with van der Waals surface area (Å²) in [6.45, 7) is 1.05. The first kappa shape index (κ1) is 30.5. The lowest BCUT2D eigenvalue weighted by Gasteiger charge is -2.23. The van der Waals surface area contributed by atoms with Gasteiger partial charge < -0.3 is 10.1 Å². The molecule has 8 nitrogen and oxygen atoms in total. The third kappa shape index (κ3) is 7.43. The molecule has 2 aliphatic heterocycles. The van der Waals surface area contributed by atoms with Crippen LogP contribution in [0.2, 0.25) is 0 Å². The fourth-order valence-electron chi connectivity index (χ4n) is 5.32. The average Bonchev–Trinajstić information content (AvgIpc) is 3.81. The lowest BCUT2D eigenvalue weighted by molar-refractivity contribution is -0.126. The molecule has 3 heterocycles. The highest BCUT2D eigenvalue weighted by atomic mass is 32.2. The molecule has 11 heteroatoms. The van der Waals surface area contributed by atoms with Crippen LogP contribution in [0.3, 0.4) is 0 Å². The molecule has 1 aromatic heterocycles. The minimum atomic E-state index is -0.626. The fraction of sp³-hybridized carbons (Fsp3) is 0.235. The van der Waals surface area contributed by atoms with Gasteiger partial charge in [-0.15, -0.1) is 11.3 Å². The number of rotatable bonds is 9. The molecule has 3 aromatic carbocycles. The van der Waals surface area contributed by atoms with E-state index in [0.29, 0.717) is 48.9 Å². The topological polar surface area (TPSA) is 91.3 Å². The van der Waals surface area contributed by atoms with Gasteiger partial charge in [0.1, 0.15) is 23.7 Å². The number of amides is 3. The molecule has 2 atom stereocenters. The van der Waals surface area contributed by atoms with E-state index in [0.717, 1.165) is 16.0 Å². The summed E-state index contributed by atoms with van der Waals surface area (Å²) in [6, 6.07) is 25.9. The van der Waals surface area contributed by atoms with Gasteiger partial charge in [0.2, 0.25) is 11.8 Å². The van der Waals surface area contributed by atoms with E-state index in [2.05, 4.69) is 10.3 Å². The Kier molecular flexibility index (Phi) is 9.56. The molecule has 0 radical (unpaired) electrons. The van der Waals surface area contributed by atoms with E-state index < -0.39 is 23.2 Å². The normalized spacial score (nSPS) is 18.9. The summed E-state index contributed by atoms with van der Waals surface area (Å²) in [7, 11) is 0. The number of nitrogens with zero attached hydrogens (tertiary/aromatic N) is 3. The number of hydrogen-bond acceptors (Lipinski definition) is 7. The van der Waals surface area contributed by atoms with E-state index in [9.17, 15) is 18.8 Å². The Labute approximate surface area is 268 Å². The maximum atomic E-state index is 13.9. The predicted octanol–water partition coefficient (Wildman–Crippen LogP) is 7.17. The molecule has 1 N–H and O–H groups in total. The molecular weight excluding hydrogens is 612 g/mol. The van der Waals surface area contributed by atoms with Gasteiger partial charge >= 0.3 is 6.09 Å². The second-order valence-electron chi connectivity index (χ2n) is 10.7. The highest BCUT2D eigenvalue weighted by molar-refractivity contribution is 8.15. The van der Waals surface area contributed by atoms with Gasteiger partial charge in [-0.3, -0.25) is 19.4 Å². The van der Waals surface area contributed by atoms with E-state index in [4.69, 9.17) is 4.74 Å². The zero-order chi connectivity index (χ0) is 31.2. The van der Waals surface area contributed by atoms with Gasteiger partial charge in [-0.2, -0.15) is 0 Å². The average molecular weight is 643 g/mol. The minimum Gasteiger partial charge on any atom is -0.445 e. The number of aliphatic imine (C=N–C) groups is 1. The highest BCUT2D eigenvalue weighted by Gasteiger charge is 2.39. The van der Waals surface area contributed by atoms with Crippen LogP contribution in [0.25, 0.3) is 0 Å². The quantitative estimate of drug-likeness (QED) is 0.209. The van der Waals surface area contributed by atoms with Crippen molar-refractivity contribution in [3.63, 3.8) is 0 Å². The van der Waals surface area contributed by atoms with Crippen LogP contribution >= 0.6 is 23.1 Å². The van der Waals surface area contributed by atoms with Crippen LogP contribution in [0, 0.1) is 5.82 Å². The second kappa shape index (κ2) is 14.1. The lowest BCUT2D eigenvalue weighted by Crippen LogP contribution is -2.43. The first-order chi connectivity index (χ1) is 21.9. The van der Waals surface area contributed by atoms with Crippen LogP contribution in [-0.4, -0.2) is 52.0 Å². The number of benzene rings is 3. The molecule has 0 aliphatic carbocycles. The number of ether oxygens (including phenoxy) is 1. The Hall–Kier alpha value is -4.48. The molecule has 0 bridgehead atoms. The van der Waals surface area contributed by atoms with Gasteiger partial charge in [-0.1, -0.05) is 66.4 Å². The van der Waals surface area contributed by atoms with Crippen LogP contribution in [0.5, 0.6) is 0 Å². The number of thioether (sulfide) groups is 1. The van der Waals surface area contributed by atoms with Crippen molar-refractivity contribution in [2.24, 2.45) is 4.99 Å². The molecule has 3 amide bonds. The van der Waals surface area contributed by atoms with Crippen molar-refractivity contribution < 1.29 is 23.5 Å². The molecule has 45 heavy (non-hydrogen) atoms. The number of hydrogen-bond donors (Lipinski definition) is 1. The minimum absolute atomic E-state index is 0.0980. The molecule has 2 aliphatic rings. The van der Waals surface area contributed by atoms with E-state index in [1.165, 1.54) is 28.8 Å². The van der Waals surface area contributed by atoms with E-state index in [1.54, 1.807) is 40.5 Å². The van der Waals surface area contributed by atoms with Crippen LogP contribution < -0.4 is 5.32 Å². The molecule has 0 spiro atoms. The van der Waals surface area contributed by atoms with Gasteiger partial charge in [0.05, 0.1) is 5.69 Å². The molecular formula is C34H31FN4O4S2. The number of thiophene rings is 1. The van der Waals surface area contributed by atoms with Crippen LogP contribution in [0.1, 0.15) is 34.1 Å².